The molecule has 1 rings (SSSR count). The molecule has 0 saturated heterocycles. The maximum atomic E-state index is 8.80. The Hall–Kier alpha value is -1.34. The van der Waals surface area contributed by atoms with Gasteiger partial charge in [-0.3, -0.25) is 0 Å². The number of hydrogen-bond donors (Lipinski definition) is 9. The Morgan fingerprint density at radius 1 is 0.679 bits per heavy atom. The van der Waals surface area contributed by atoms with Crippen LogP contribution in [0.15, 0.2) is 30.3 Å². The standard InChI is InChI=1S/C10H15NO2.C5H12O4.C3H8O3/c12-8-6-11(7-9-13)10-4-2-1-3-5-10;6-1-5(2-7,3-8)4-9;4-1-3(6)2-5/h1-5,12-13H,6-9H2;6-9H,1-4H2;3-6H,1-2H2. The van der Waals surface area contributed by atoms with E-state index >= 15 is 0 Å². The van der Waals surface area contributed by atoms with Gasteiger partial charge in [-0.25, -0.2) is 0 Å². The first-order valence-corrected chi connectivity index (χ1v) is 8.79. The number of para-hydroxylation sites is 1. The first kappa shape index (κ1) is 28.9. The smallest absolute Gasteiger partial charge is 0.100 e. The van der Waals surface area contributed by atoms with Crippen molar-refractivity contribution in [2.45, 2.75) is 6.10 Å². The zero-order chi connectivity index (χ0) is 21.8. The minimum absolute atomic E-state index is 0.106. The SMILES string of the molecule is OCC(CO)(CO)CO.OCC(O)CO.OCCN(CCO)c1ccccc1. The van der Waals surface area contributed by atoms with Crippen LogP contribution in [0.2, 0.25) is 0 Å². The topological polar surface area (TPSA) is 185 Å². The zero-order valence-electron chi connectivity index (χ0n) is 16.0. The largest absolute Gasteiger partial charge is 0.396 e. The zero-order valence-corrected chi connectivity index (χ0v) is 16.0. The van der Waals surface area contributed by atoms with Crippen molar-refractivity contribution in [2.24, 2.45) is 5.41 Å². The molecule has 0 radical (unpaired) electrons. The third-order valence-electron chi connectivity index (χ3n) is 3.62. The van der Waals surface area contributed by atoms with Crippen LogP contribution in [0.5, 0.6) is 0 Å². The number of anilines is 1. The molecule has 0 bridgehead atoms. The summed E-state index contributed by atoms with van der Waals surface area (Å²) in [6, 6.07) is 9.75. The lowest BCUT2D eigenvalue weighted by Crippen LogP contribution is -2.37. The van der Waals surface area contributed by atoms with E-state index in [0.29, 0.717) is 13.1 Å². The van der Waals surface area contributed by atoms with E-state index < -0.39 is 37.9 Å². The van der Waals surface area contributed by atoms with Crippen LogP contribution >= 0.6 is 0 Å². The number of nitrogens with zero attached hydrogens (tertiary/aromatic N) is 1. The minimum atomic E-state index is -1.11. The van der Waals surface area contributed by atoms with Crippen molar-refractivity contribution in [3.8, 4) is 0 Å². The summed E-state index contributed by atoms with van der Waals surface area (Å²) in [7, 11) is 0. The predicted octanol–water partition coefficient (Wildman–Crippen LogP) is -3.25. The van der Waals surface area contributed by atoms with Gasteiger partial charge in [-0.05, 0) is 12.1 Å². The first-order chi connectivity index (χ1) is 13.4. The predicted molar refractivity (Wildman–Crippen MR) is 104 cm³/mol. The Bertz CT molecular complexity index is 405. The lowest BCUT2D eigenvalue weighted by atomic mass is 9.93. The van der Waals surface area contributed by atoms with Crippen LogP contribution in [0.4, 0.5) is 5.69 Å². The summed E-state index contributed by atoms with van der Waals surface area (Å²) in [5.41, 5.74) is -0.0781. The van der Waals surface area contributed by atoms with E-state index in [2.05, 4.69) is 0 Å². The third kappa shape index (κ3) is 12.9. The molecule has 0 aliphatic heterocycles. The molecule has 0 fully saturated rings. The maximum absolute atomic E-state index is 8.80. The third-order valence-corrected chi connectivity index (χ3v) is 3.62. The Labute approximate surface area is 165 Å². The van der Waals surface area contributed by atoms with Gasteiger partial charge < -0.3 is 50.9 Å². The molecule has 28 heavy (non-hydrogen) atoms. The molecular formula is C18H35NO9. The average Bonchev–Trinajstić information content (AvgIpc) is 2.76. The number of benzene rings is 1. The van der Waals surface area contributed by atoms with Gasteiger partial charge in [0.05, 0.1) is 58.3 Å². The second-order valence-electron chi connectivity index (χ2n) is 5.92. The van der Waals surface area contributed by atoms with Crippen molar-refractivity contribution in [3.05, 3.63) is 30.3 Å². The van der Waals surface area contributed by atoms with Crippen LogP contribution in [-0.4, -0.2) is 118 Å². The molecule has 1 aromatic rings. The highest BCUT2D eigenvalue weighted by Crippen LogP contribution is 2.12. The van der Waals surface area contributed by atoms with Gasteiger partial charge in [-0.2, -0.15) is 0 Å². The summed E-state index contributed by atoms with van der Waals surface area (Å²) < 4.78 is 0. The van der Waals surface area contributed by atoms with E-state index in [1.54, 1.807) is 0 Å². The van der Waals surface area contributed by atoms with Crippen molar-refractivity contribution in [2.75, 3.05) is 70.8 Å². The molecule has 0 heterocycles. The quantitative estimate of drug-likeness (QED) is 0.180. The van der Waals surface area contributed by atoms with E-state index in [0.717, 1.165) is 5.69 Å². The van der Waals surface area contributed by atoms with Gasteiger partial charge in [0.1, 0.15) is 6.10 Å². The van der Waals surface area contributed by atoms with Crippen LogP contribution in [0, 0.1) is 5.41 Å². The van der Waals surface area contributed by atoms with Gasteiger partial charge in [0, 0.05) is 18.8 Å². The van der Waals surface area contributed by atoms with E-state index in [1.165, 1.54) is 0 Å². The normalized spacial score (nSPS) is 10.6. The summed E-state index contributed by atoms with van der Waals surface area (Å²) in [5, 5.41) is 75.6. The molecule has 0 saturated carbocycles. The molecule has 0 aromatic heterocycles. The van der Waals surface area contributed by atoms with E-state index in [-0.39, 0.29) is 26.4 Å². The molecule has 1 aromatic carbocycles. The summed E-state index contributed by atoms with van der Waals surface area (Å²) in [4.78, 5) is 1.94. The molecular weight excluding hydrogens is 374 g/mol. The molecule has 0 atom stereocenters. The van der Waals surface area contributed by atoms with Crippen molar-refractivity contribution in [1.82, 2.24) is 0 Å². The molecule has 0 unspecified atom stereocenters. The Morgan fingerprint density at radius 3 is 1.29 bits per heavy atom. The molecule has 166 valence electrons. The van der Waals surface area contributed by atoms with Gasteiger partial charge in [0.25, 0.3) is 0 Å². The van der Waals surface area contributed by atoms with E-state index in [4.69, 9.17) is 46.0 Å². The van der Waals surface area contributed by atoms with Crippen molar-refractivity contribution in [1.29, 1.82) is 0 Å². The summed E-state index contributed by atoms with van der Waals surface area (Å²) >= 11 is 0. The van der Waals surface area contributed by atoms with Crippen molar-refractivity contribution >= 4 is 5.69 Å². The van der Waals surface area contributed by atoms with Crippen LogP contribution in [-0.2, 0) is 0 Å². The van der Waals surface area contributed by atoms with Gasteiger partial charge in [-0.1, -0.05) is 18.2 Å². The van der Waals surface area contributed by atoms with Crippen LogP contribution in [0.3, 0.4) is 0 Å². The minimum Gasteiger partial charge on any atom is -0.396 e. The van der Waals surface area contributed by atoms with Gasteiger partial charge in [-0.15, -0.1) is 0 Å². The number of aliphatic hydroxyl groups is 9. The van der Waals surface area contributed by atoms with Crippen molar-refractivity contribution < 1.29 is 46.0 Å². The fourth-order valence-corrected chi connectivity index (χ4v) is 1.61. The first-order valence-electron chi connectivity index (χ1n) is 8.79. The highest BCUT2D eigenvalue weighted by atomic mass is 16.3. The fraction of sp³-hybridized carbons (Fsp3) is 0.667. The highest BCUT2D eigenvalue weighted by molar-refractivity contribution is 5.45. The second-order valence-corrected chi connectivity index (χ2v) is 5.92. The Balaban J connectivity index is 0. The number of rotatable bonds is 11. The summed E-state index contributed by atoms with van der Waals surface area (Å²) in [6.45, 7) is -1.02. The van der Waals surface area contributed by atoms with E-state index in [9.17, 15) is 0 Å². The average molecular weight is 409 g/mol. The van der Waals surface area contributed by atoms with Crippen LogP contribution < -0.4 is 4.90 Å². The summed E-state index contributed by atoms with van der Waals surface area (Å²) in [6.07, 6.45) is -0.954. The number of hydrogen-bond acceptors (Lipinski definition) is 10. The number of aliphatic hydroxyl groups excluding tert-OH is 9. The van der Waals surface area contributed by atoms with Crippen molar-refractivity contribution in [3.63, 3.8) is 0 Å². The lowest BCUT2D eigenvalue weighted by molar-refractivity contribution is -0.0328. The maximum Gasteiger partial charge on any atom is 0.100 e. The van der Waals surface area contributed by atoms with Gasteiger partial charge in [0.15, 0.2) is 0 Å². The molecule has 10 nitrogen and oxygen atoms in total. The summed E-state index contributed by atoms with van der Waals surface area (Å²) in [5.74, 6) is 0. The highest BCUT2D eigenvalue weighted by Gasteiger charge is 2.26. The fourth-order valence-electron chi connectivity index (χ4n) is 1.61. The van der Waals surface area contributed by atoms with Crippen LogP contribution in [0.1, 0.15) is 0 Å². The molecule has 10 heteroatoms. The Kier molecular flexibility index (Phi) is 19.6. The monoisotopic (exact) mass is 409 g/mol. The van der Waals surface area contributed by atoms with Gasteiger partial charge in [0.2, 0.25) is 0 Å². The second kappa shape index (κ2) is 19.0. The van der Waals surface area contributed by atoms with Crippen LogP contribution in [0.25, 0.3) is 0 Å². The lowest BCUT2D eigenvalue weighted by Gasteiger charge is -2.23. The Morgan fingerprint density at radius 2 is 1.07 bits per heavy atom. The van der Waals surface area contributed by atoms with E-state index in [1.807, 2.05) is 35.2 Å². The molecule has 0 spiro atoms. The molecule has 0 aliphatic carbocycles. The van der Waals surface area contributed by atoms with Gasteiger partial charge >= 0.3 is 0 Å². The molecule has 0 aliphatic rings. The molecule has 9 N–H and O–H groups in total. The molecule has 0 amide bonds.